The molecule has 0 radical (unpaired) electrons. The number of carbonyl (C=O) groups is 1. The molecule has 0 aliphatic heterocycles. The summed E-state index contributed by atoms with van der Waals surface area (Å²) < 4.78 is 12.4. The van der Waals surface area contributed by atoms with Gasteiger partial charge in [-0.2, -0.15) is 0 Å². The molecule has 0 aromatic carbocycles. The molecule has 0 fully saturated rings. The van der Waals surface area contributed by atoms with E-state index in [1.807, 2.05) is 17.6 Å². The minimum absolute atomic E-state index is 0.309. The Bertz CT molecular complexity index is 554. The zero-order valence-corrected chi connectivity index (χ0v) is 11.0. The van der Waals surface area contributed by atoms with E-state index in [4.69, 9.17) is 9.15 Å². The highest BCUT2D eigenvalue weighted by atomic mass is 16.5. The molecule has 0 aliphatic rings. The Morgan fingerprint density at radius 2 is 2.32 bits per heavy atom. The Morgan fingerprint density at radius 3 is 2.89 bits per heavy atom. The van der Waals surface area contributed by atoms with Gasteiger partial charge in [-0.15, -0.1) is 0 Å². The number of methoxy groups -OCH3 is 1. The number of ether oxygens (including phenoxy) is 1. The summed E-state index contributed by atoms with van der Waals surface area (Å²) in [6, 6.07) is 5.27. The number of aromatic carboxylic acids is 1. The van der Waals surface area contributed by atoms with Crippen LogP contribution < -0.4 is 0 Å². The summed E-state index contributed by atoms with van der Waals surface area (Å²) in [7, 11) is 1.65. The smallest absolute Gasteiger partial charge is 0.337 e. The van der Waals surface area contributed by atoms with Crippen molar-refractivity contribution in [2.75, 3.05) is 13.7 Å². The quantitative estimate of drug-likeness (QED) is 0.814. The van der Waals surface area contributed by atoms with Crippen LogP contribution in [-0.2, 0) is 11.3 Å². The molecular weight excluding hydrogens is 246 g/mol. The first-order chi connectivity index (χ1) is 9.15. The van der Waals surface area contributed by atoms with Gasteiger partial charge < -0.3 is 18.8 Å². The van der Waals surface area contributed by atoms with Crippen LogP contribution in [0.5, 0.6) is 0 Å². The molecule has 0 spiro atoms. The summed E-state index contributed by atoms with van der Waals surface area (Å²) in [6.45, 7) is 3.14. The molecule has 19 heavy (non-hydrogen) atoms. The predicted molar refractivity (Wildman–Crippen MR) is 70.3 cm³/mol. The maximum atomic E-state index is 11.2. The van der Waals surface area contributed by atoms with Gasteiger partial charge >= 0.3 is 5.97 Å². The number of carboxylic acids is 1. The van der Waals surface area contributed by atoms with E-state index >= 15 is 0 Å². The van der Waals surface area contributed by atoms with E-state index in [2.05, 4.69) is 0 Å². The molecule has 0 saturated heterocycles. The van der Waals surface area contributed by atoms with Gasteiger partial charge in [-0.3, -0.25) is 0 Å². The molecule has 0 unspecified atom stereocenters. The lowest BCUT2D eigenvalue weighted by Gasteiger charge is -2.10. The monoisotopic (exact) mass is 263 g/mol. The normalized spacial score (nSPS) is 10.8. The molecule has 1 N–H and O–H groups in total. The van der Waals surface area contributed by atoms with Crippen molar-refractivity contribution in [2.24, 2.45) is 0 Å². The lowest BCUT2D eigenvalue weighted by molar-refractivity contribution is 0.0696. The molecule has 2 heterocycles. The van der Waals surface area contributed by atoms with Gasteiger partial charge in [0.1, 0.15) is 5.76 Å². The van der Waals surface area contributed by atoms with Crippen LogP contribution in [0.3, 0.4) is 0 Å². The highest BCUT2D eigenvalue weighted by molar-refractivity contribution is 5.90. The minimum Gasteiger partial charge on any atom is -0.478 e. The lowest BCUT2D eigenvalue weighted by Crippen LogP contribution is -2.06. The van der Waals surface area contributed by atoms with Crippen molar-refractivity contribution in [2.45, 2.75) is 19.9 Å². The summed E-state index contributed by atoms with van der Waals surface area (Å²) in [5.74, 6) is -0.246. The van der Waals surface area contributed by atoms with Crippen LogP contribution in [0.4, 0.5) is 0 Å². The first kappa shape index (κ1) is 13.4. The highest BCUT2D eigenvalue weighted by Crippen LogP contribution is 2.26. The van der Waals surface area contributed by atoms with Crippen LogP contribution in [0.25, 0.3) is 11.5 Å². The largest absolute Gasteiger partial charge is 0.478 e. The average Bonchev–Trinajstić information content (AvgIpc) is 2.98. The van der Waals surface area contributed by atoms with Crippen LogP contribution in [0.2, 0.25) is 0 Å². The molecular formula is C14H17NO4. The summed E-state index contributed by atoms with van der Waals surface area (Å²) >= 11 is 0. The topological polar surface area (TPSA) is 64.6 Å². The van der Waals surface area contributed by atoms with E-state index in [1.165, 1.54) is 0 Å². The van der Waals surface area contributed by atoms with E-state index < -0.39 is 5.97 Å². The number of carboxylic acid groups (broad SMARTS) is 1. The Labute approximate surface area is 111 Å². The second-order valence-corrected chi connectivity index (χ2v) is 4.31. The van der Waals surface area contributed by atoms with Crippen LogP contribution in [0.15, 0.2) is 28.9 Å². The summed E-state index contributed by atoms with van der Waals surface area (Å²) in [4.78, 5) is 11.2. The number of hydrogen-bond acceptors (Lipinski definition) is 3. The number of hydrogen-bond donors (Lipinski definition) is 1. The fourth-order valence-corrected chi connectivity index (χ4v) is 2.15. The molecule has 0 bridgehead atoms. The van der Waals surface area contributed by atoms with Crippen molar-refractivity contribution < 1.29 is 19.1 Å². The van der Waals surface area contributed by atoms with Crippen LogP contribution in [-0.4, -0.2) is 29.4 Å². The van der Waals surface area contributed by atoms with Gasteiger partial charge in [0, 0.05) is 26.0 Å². The highest BCUT2D eigenvalue weighted by Gasteiger charge is 2.18. The molecule has 0 amide bonds. The first-order valence-corrected chi connectivity index (χ1v) is 6.11. The van der Waals surface area contributed by atoms with Crippen molar-refractivity contribution >= 4 is 5.97 Å². The zero-order valence-electron chi connectivity index (χ0n) is 11.0. The summed E-state index contributed by atoms with van der Waals surface area (Å²) in [5, 5.41) is 9.20. The van der Waals surface area contributed by atoms with Crippen LogP contribution in [0, 0.1) is 6.92 Å². The molecule has 5 nitrogen and oxygen atoms in total. The van der Waals surface area contributed by atoms with Gasteiger partial charge in [-0.1, -0.05) is 0 Å². The van der Waals surface area contributed by atoms with E-state index in [0.717, 1.165) is 17.8 Å². The van der Waals surface area contributed by atoms with Gasteiger partial charge in [-0.25, -0.2) is 4.79 Å². The second-order valence-electron chi connectivity index (χ2n) is 4.31. The maximum absolute atomic E-state index is 11.2. The molecule has 102 valence electrons. The predicted octanol–water partition coefficient (Wildman–Crippen LogP) is 2.79. The van der Waals surface area contributed by atoms with Gasteiger partial charge in [0.2, 0.25) is 0 Å². The van der Waals surface area contributed by atoms with Crippen LogP contribution >= 0.6 is 0 Å². The van der Waals surface area contributed by atoms with E-state index in [-0.39, 0.29) is 0 Å². The van der Waals surface area contributed by atoms with E-state index in [9.17, 15) is 9.90 Å². The molecule has 2 aromatic rings. The minimum atomic E-state index is -0.921. The van der Waals surface area contributed by atoms with Crippen molar-refractivity contribution in [1.29, 1.82) is 0 Å². The number of furan rings is 1. The first-order valence-electron chi connectivity index (χ1n) is 6.11. The number of aromatic nitrogens is 1. The molecule has 0 atom stereocenters. The van der Waals surface area contributed by atoms with Crippen molar-refractivity contribution in [1.82, 2.24) is 4.57 Å². The van der Waals surface area contributed by atoms with Crippen molar-refractivity contribution in [3.8, 4) is 11.5 Å². The molecule has 2 aromatic heterocycles. The fraction of sp³-hybridized carbons (Fsp3) is 0.357. The molecule has 0 saturated carbocycles. The number of rotatable bonds is 6. The van der Waals surface area contributed by atoms with Gasteiger partial charge in [0.25, 0.3) is 0 Å². The number of nitrogens with zero attached hydrogens (tertiary/aromatic N) is 1. The summed E-state index contributed by atoms with van der Waals surface area (Å²) in [5.41, 5.74) is 1.83. The Kier molecular flexibility index (Phi) is 4.06. The Hall–Kier alpha value is -2.01. The fourth-order valence-electron chi connectivity index (χ4n) is 2.15. The van der Waals surface area contributed by atoms with Crippen molar-refractivity contribution in [3.63, 3.8) is 0 Å². The lowest BCUT2D eigenvalue weighted by atomic mass is 10.2. The van der Waals surface area contributed by atoms with Gasteiger partial charge in [0.15, 0.2) is 0 Å². The summed E-state index contributed by atoms with van der Waals surface area (Å²) in [6.07, 6.45) is 2.40. The molecule has 5 heteroatoms. The second kappa shape index (κ2) is 5.75. The van der Waals surface area contributed by atoms with E-state index in [1.54, 1.807) is 25.5 Å². The third-order valence-corrected chi connectivity index (χ3v) is 3.10. The third kappa shape index (κ3) is 2.71. The average molecular weight is 263 g/mol. The van der Waals surface area contributed by atoms with Gasteiger partial charge in [-0.05, 0) is 31.5 Å². The molecule has 2 rings (SSSR count). The standard InChI is InChI=1S/C14H17NO4/c1-10-11(14(16)17)9-12(13-5-3-8-19-13)15(10)6-4-7-18-2/h3,5,8-9H,4,6-7H2,1-2H3,(H,16,17). The van der Waals surface area contributed by atoms with Gasteiger partial charge in [0.05, 0.1) is 17.5 Å². The Balaban J connectivity index is 2.39. The Morgan fingerprint density at radius 1 is 1.53 bits per heavy atom. The SMILES string of the molecule is COCCCn1c(-c2ccco2)cc(C(=O)O)c1C. The maximum Gasteiger partial charge on any atom is 0.337 e. The van der Waals surface area contributed by atoms with E-state index in [0.29, 0.717) is 24.5 Å². The molecule has 0 aliphatic carbocycles. The zero-order chi connectivity index (χ0) is 13.8. The van der Waals surface area contributed by atoms with Crippen LogP contribution in [0.1, 0.15) is 22.5 Å². The third-order valence-electron chi connectivity index (χ3n) is 3.10. The van der Waals surface area contributed by atoms with Crippen molar-refractivity contribution in [3.05, 3.63) is 35.7 Å².